The van der Waals surface area contributed by atoms with Gasteiger partial charge in [0.05, 0.1) is 5.56 Å². The van der Waals surface area contributed by atoms with Gasteiger partial charge < -0.3 is 15.7 Å². The van der Waals surface area contributed by atoms with Crippen LogP contribution in [0.3, 0.4) is 0 Å². The molecule has 0 spiro atoms. The van der Waals surface area contributed by atoms with Crippen molar-refractivity contribution in [3.05, 3.63) is 29.8 Å². The molecule has 2 unspecified atom stereocenters. The Morgan fingerprint density at radius 2 is 2.19 bits per heavy atom. The van der Waals surface area contributed by atoms with Crippen LogP contribution in [0.2, 0.25) is 0 Å². The van der Waals surface area contributed by atoms with E-state index in [2.05, 4.69) is 17.6 Å². The van der Waals surface area contributed by atoms with Crippen molar-refractivity contribution in [1.29, 1.82) is 0 Å². The van der Waals surface area contributed by atoms with E-state index in [-0.39, 0.29) is 17.7 Å². The van der Waals surface area contributed by atoms with Crippen LogP contribution in [0.25, 0.3) is 0 Å². The summed E-state index contributed by atoms with van der Waals surface area (Å²) in [7, 11) is 0. The fourth-order valence-corrected chi connectivity index (χ4v) is 1.92. The van der Waals surface area contributed by atoms with Gasteiger partial charge in [0.25, 0.3) is 5.91 Å². The lowest BCUT2D eigenvalue weighted by molar-refractivity contribution is 0.0930. The summed E-state index contributed by atoms with van der Waals surface area (Å²) in [6.45, 7) is 3.81. The molecule has 0 radical (unpaired) electrons. The second kappa shape index (κ2) is 4.53. The van der Waals surface area contributed by atoms with Crippen LogP contribution in [-0.2, 0) is 0 Å². The van der Waals surface area contributed by atoms with Crippen molar-refractivity contribution in [3.8, 4) is 5.75 Å². The maximum Gasteiger partial charge on any atom is 0.255 e. The van der Waals surface area contributed by atoms with Gasteiger partial charge in [0.2, 0.25) is 0 Å². The number of hydrogen-bond acceptors (Lipinski definition) is 3. The van der Waals surface area contributed by atoms with Gasteiger partial charge in [-0.15, -0.1) is 0 Å². The van der Waals surface area contributed by atoms with Gasteiger partial charge in [-0.05, 0) is 24.6 Å². The van der Waals surface area contributed by atoms with Crippen LogP contribution in [0.1, 0.15) is 17.3 Å². The highest BCUT2D eigenvalue weighted by Gasteiger charge is 2.25. The molecule has 86 valence electrons. The summed E-state index contributed by atoms with van der Waals surface area (Å²) in [5.74, 6) is 0.243. The van der Waals surface area contributed by atoms with Crippen LogP contribution >= 0.6 is 0 Å². The summed E-state index contributed by atoms with van der Waals surface area (Å²) in [6, 6.07) is 6.73. The summed E-state index contributed by atoms with van der Waals surface area (Å²) in [6.07, 6.45) is 0. The van der Waals surface area contributed by atoms with Crippen LogP contribution in [0.15, 0.2) is 24.3 Å². The zero-order valence-corrected chi connectivity index (χ0v) is 9.23. The Balaban J connectivity index is 2.06. The van der Waals surface area contributed by atoms with Crippen molar-refractivity contribution in [2.75, 3.05) is 13.1 Å². The maximum absolute atomic E-state index is 11.9. The molecule has 0 saturated carbocycles. The number of benzene rings is 1. The molecule has 1 fully saturated rings. The molecule has 0 aromatic heterocycles. The number of nitrogens with one attached hydrogen (secondary N) is 2. The highest BCUT2D eigenvalue weighted by Crippen LogP contribution is 2.16. The molecule has 1 amide bonds. The minimum absolute atomic E-state index is 0.0265. The Hall–Kier alpha value is -1.55. The molecule has 4 heteroatoms. The summed E-state index contributed by atoms with van der Waals surface area (Å²) in [5, 5.41) is 15.7. The second-order valence-corrected chi connectivity index (χ2v) is 4.23. The van der Waals surface area contributed by atoms with Gasteiger partial charge in [-0.3, -0.25) is 4.79 Å². The first kappa shape index (κ1) is 11.0. The first-order valence-corrected chi connectivity index (χ1v) is 5.48. The number of carbonyl (C=O) groups excluding carboxylic acids is 1. The second-order valence-electron chi connectivity index (χ2n) is 4.23. The molecule has 1 heterocycles. The molecule has 0 bridgehead atoms. The Labute approximate surface area is 94.7 Å². The topological polar surface area (TPSA) is 61.4 Å². The van der Waals surface area contributed by atoms with E-state index in [0.717, 1.165) is 13.1 Å². The monoisotopic (exact) mass is 220 g/mol. The lowest BCUT2D eigenvalue weighted by Crippen LogP contribution is -2.39. The molecule has 1 aliphatic heterocycles. The first-order valence-electron chi connectivity index (χ1n) is 5.48. The number of phenolic OH excluding ortho intramolecular Hbond substituents is 1. The lowest BCUT2D eigenvalue weighted by Gasteiger charge is -2.16. The van der Waals surface area contributed by atoms with E-state index in [9.17, 15) is 9.90 Å². The predicted octanol–water partition coefficient (Wildman–Crippen LogP) is 0.730. The number of hydrogen-bond donors (Lipinski definition) is 3. The Morgan fingerprint density at radius 3 is 2.81 bits per heavy atom. The quantitative estimate of drug-likeness (QED) is 0.688. The summed E-state index contributed by atoms with van der Waals surface area (Å²) in [4.78, 5) is 11.9. The molecule has 4 nitrogen and oxygen atoms in total. The van der Waals surface area contributed by atoms with Gasteiger partial charge in [-0.25, -0.2) is 0 Å². The van der Waals surface area contributed by atoms with Crippen molar-refractivity contribution in [2.24, 2.45) is 5.92 Å². The molecule has 1 saturated heterocycles. The van der Waals surface area contributed by atoms with Gasteiger partial charge in [0.15, 0.2) is 0 Å². The van der Waals surface area contributed by atoms with Gasteiger partial charge in [0.1, 0.15) is 5.75 Å². The van der Waals surface area contributed by atoms with Crippen molar-refractivity contribution >= 4 is 5.91 Å². The van der Waals surface area contributed by atoms with E-state index in [4.69, 9.17) is 0 Å². The predicted molar refractivity (Wildman–Crippen MR) is 61.4 cm³/mol. The fraction of sp³-hybridized carbons (Fsp3) is 0.417. The van der Waals surface area contributed by atoms with Crippen LogP contribution < -0.4 is 10.6 Å². The Kier molecular flexibility index (Phi) is 3.10. The molecule has 0 aliphatic carbocycles. The normalized spacial score (nSPS) is 24.3. The van der Waals surface area contributed by atoms with Crippen LogP contribution in [0, 0.1) is 5.92 Å². The number of amides is 1. The van der Waals surface area contributed by atoms with Gasteiger partial charge >= 0.3 is 0 Å². The third kappa shape index (κ3) is 2.17. The number of para-hydroxylation sites is 1. The molecule has 2 atom stereocenters. The standard InChI is InChI=1S/C12H16N2O2/c1-8-6-13-7-10(8)14-12(16)9-4-2-3-5-11(9)15/h2-5,8,10,13,15H,6-7H2,1H3,(H,14,16). The molecule has 1 aromatic rings. The minimum atomic E-state index is -0.210. The highest BCUT2D eigenvalue weighted by atomic mass is 16.3. The SMILES string of the molecule is CC1CNCC1NC(=O)c1ccccc1O. The van der Waals surface area contributed by atoms with E-state index in [1.807, 2.05) is 0 Å². The molecular formula is C12H16N2O2. The molecular weight excluding hydrogens is 204 g/mol. The average Bonchev–Trinajstić information content (AvgIpc) is 2.65. The van der Waals surface area contributed by atoms with Crippen molar-refractivity contribution in [2.45, 2.75) is 13.0 Å². The van der Waals surface area contributed by atoms with Crippen molar-refractivity contribution < 1.29 is 9.90 Å². The Bertz CT molecular complexity index is 392. The van der Waals surface area contributed by atoms with E-state index in [1.54, 1.807) is 18.2 Å². The zero-order chi connectivity index (χ0) is 11.5. The molecule has 16 heavy (non-hydrogen) atoms. The zero-order valence-electron chi connectivity index (χ0n) is 9.23. The summed E-state index contributed by atoms with van der Waals surface area (Å²) < 4.78 is 0. The molecule has 2 rings (SSSR count). The largest absolute Gasteiger partial charge is 0.507 e. The number of carbonyl (C=O) groups is 1. The van der Waals surface area contributed by atoms with Gasteiger partial charge in [-0.2, -0.15) is 0 Å². The Morgan fingerprint density at radius 1 is 1.44 bits per heavy atom. The van der Waals surface area contributed by atoms with Crippen molar-refractivity contribution in [1.82, 2.24) is 10.6 Å². The van der Waals surface area contributed by atoms with Crippen LogP contribution in [0.4, 0.5) is 0 Å². The summed E-state index contributed by atoms with van der Waals surface area (Å²) in [5.41, 5.74) is 0.335. The number of phenols is 1. The average molecular weight is 220 g/mol. The first-order chi connectivity index (χ1) is 7.68. The molecule has 1 aromatic carbocycles. The van der Waals surface area contributed by atoms with Crippen LogP contribution in [0.5, 0.6) is 5.75 Å². The van der Waals surface area contributed by atoms with Crippen LogP contribution in [-0.4, -0.2) is 30.1 Å². The maximum atomic E-state index is 11.9. The third-order valence-corrected chi connectivity index (χ3v) is 2.98. The number of aromatic hydroxyl groups is 1. The van der Waals surface area contributed by atoms with E-state index >= 15 is 0 Å². The van der Waals surface area contributed by atoms with Crippen molar-refractivity contribution in [3.63, 3.8) is 0 Å². The van der Waals surface area contributed by atoms with E-state index < -0.39 is 0 Å². The minimum Gasteiger partial charge on any atom is -0.507 e. The molecule has 3 N–H and O–H groups in total. The number of rotatable bonds is 2. The van der Waals surface area contributed by atoms with E-state index in [1.165, 1.54) is 6.07 Å². The highest BCUT2D eigenvalue weighted by molar-refractivity contribution is 5.96. The van der Waals surface area contributed by atoms with Gasteiger partial charge in [-0.1, -0.05) is 19.1 Å². The summed E-state index contributed by atoms with van der Waals surface area (Å²) >= 11 is 0. The lowest BCUT2D eigenvalue weighted by atomic mass is 10.1. The fourth-order valence-electron chi connectivity index (χ4n) is 1.92. The third-order valence-electron chi connectivity index (χ3n) is 2.98. The van der Waals surface area contributed by atoms with Gasteiger partial charge in [0, 0.05) is 12.6 Å². The smallest absolute Gasteiger partial charge is 0.255 e. The molecule has 1 aliphatic rings. The van der Waals surface area contributed by atoms with E-state index in [0.29, 0.717) is 11.5 Å².